The molecule has 0 aliphatic rings. The molecule has 1 aromatic heterocycles. The Kier molecular flexibility index (Phi) is 4.14. The van der Waals surface area contributed by atoms with Gasteiger partial charge in [-0.15, -0.1) is 0 Å². The monoisotopic (exact) mass is 301 g/mol. The highest BCUT2D eigenvalue weighted by Gasteiger charge is 2.27. The Hall–Kier alpha value is -2.10. The van der Waals surface area contributed by atoms with E-state index in [0.717, 1.165) is 16.6 Å². The summed E-state index contributed by atoms with van der Waals surface area (Å²) < 4.78 is 7.44. The predicted molar refractivity (Wildman–Crippen MR) is 87.2 cm³/mol. The molecule has 0 fully saturated rings. The van der Waals surface area contributed by atoms with Gasteiger partial charge in [-0.2, -0.15) is 0 Å². The van der Waals surface area contributed by atoms with Crippen molar-refractivity contribution in [3.05, 3.63) is 35.5 Å². The van der Waals surface area contributed by atoms with Gasteiger partial charge in [0, 0.05) is 16.6 Å². The number of hydrogen-bond acceptors (Lipinski definition) is 3. The summed E-state index contributed by atoms with van der Waals surface area (Å²) in [6, 6.07) is 7.30. The normalized spacial score (nSPS) is 13.2. The summed E-state index contributed by atoms with van der Waals surface area (Å²) in [5.41, 5.74) is 1.62. The second kappa shape index (κ2) is 5.59. The first kappa shape index (κ1) is 16.3. The summed E-state index contributed by atoms with van der Waals surface area (Å²) in [7, 11) is 0. The molecular formula is C18H23NO3. The summed E-state index contributed by atoms with van der Waals surface area (Å²) in [6.45, 7) is 10.8. The molecule has 0 aliphatic carbocycles. The average Bonchev–Trinajstić information content (AvgIpc) is 2.67. The van der Waals surface area contributed by atoms with E-state index in [1.165, 1.54) is 0 Å². The van der Waals surface area contributed by atoms with Gasteiger partial charge in [-0.05, 0) is 47.6 Å². The minimum absolute atomic E-state index is 0.0552. The number of ether oxygens (including phenoxy) is 1. The van der Waals surface area contributed by atoms with Crippen molar-refractivity contribution in [2.24, 2.45) is 0 Å². The SMILES string of the molecule is CC(=O)C(C)n1c(C)c(C(=O)OC(C)(C)C)c2ccccc21. The molecule has 1 aromatic carbocycles. The predicted octanol–water partition coefficient (Wildman–Crippen LogP) is 4.06. The lowest BCUT2D eigenvalue weighted by Crippen LogP contribution is -2.24. The van der Waals surface area contributed by atoms with Gasteiger partial charge < -0.3 is 9.30 Å². The van der Waals surface area contributed by atoms with E-state index in [-0.39, 0.29) is 17.8 Å². The molecule has 118 valence electrons. The Bertz CT molecular complexity index is 735. The van der Waals surface area contributed by atoms with Crippen LogP contribution < -0.4 is 0 Å². The van der Waals surface area contributed by atoms with Gasteiger partial charge in [0.15, 0.2) is 5.78 Å². The number of carbonyl (C=O) groups is 2. The third-order valence-electron chi connectivity index (χ3n) is 3.73. The van der Waals surface area contributed by atoms with Crippen LogP contribution >= 0.6 is 0 Å². The molecule has 0 bridgehead atoms. The van der Waals surface area contributed by atoms with Crippen molar-refractivity contribution in [1.29, 1.82) is 0 Å². The molecule has 1 unspecified atom stereocenters. The molecule has 0 radical (unpaired) electrons. The summed E-state index contributed by atoms with van der Waals surface area (Å²) in [4.78, 5) is 24.4. The second-order valence-electron chi connectivity index (χ2n) is 6.64. The highest BCUT2D eigenvalue weighted by atomic mass is 16.6. The van der Waals surface area contributed by atoms with Crippen LogP contribution in [0.2, 0.25) is 0 Å². The van der Waals surface area contributed by atoms with Crippen LogP contribution in [-0.4, -0.2) is 21.9 Å². The van der Waals surface area contributed by atoms with Gasteiger partial charge in [-0.25, -0.2) is 4.79 Å². The van der Waals surface area contributed by atoms with Crippen molar-refractivity contribution in [2.45, 2.75) is 53.2 Å². The lowest BCUT2D eigenvalue weighted by molar-refractivity contribution is -0.119. The van der Waals surface area contributed by atoms with E-state index in [1.807, 2.05) is 63.5 Å². The van der Waals surface area contributed by atoms with Crippen LogP contribution in [0.5, 0.6) is 0 Å². The van der Waals surface area contributed by atoms with Gasteiger partial charge >= 0.3 is 5.97 Å². The Balaban J connectivity index is 2.68. The van der Waals surface area contributed by atoms with E-state index in [1.54, 1.807) is 6.92 Å². The van der Waals surface area contributed by atoms with Crippen LogP contribution in [0.25, 0.3) is 10.9 Å². The van der Waals surface area contributed by atoms with Crippen LogP contribution in [0.1, 0.15) is 56.7 Å². The Morgan fingerprint density at radius 2 is 1.77 bits per heavy atom. The van der Waals surface area contributed by atoms with E-state index in [4.69, 9.17) is 4.74 Å². The molecule has 2 rings (SSSR count). The first-order valence-electron chi connectivity index (χ1n) is 7.47. The van der Waals surface area contributed by atoms with Crippen molar-refractivity contribution in [1.82, 2.24) is 4.57 Å². The maximum atomic E-state index is 12.6. The van der Waals surface area contributed by atoms with Gasteiger partial charge in [-0.3, -0.25) is 4.79 Å². The van der Waals surface area contributed by atoms with Crippen LogP contribution in [0.15, 0.2) is 24.3 Å². The third-order valence-corrected chi connectivity index (χ3v) is 3.73. The number of esters is 1. The molecule has 4 heteroatoms. The molecule has 0 spiro atoms. The number of benzene rings is 1. The van der Waals surface area contributed by atoms with E-state index in [2.05, 4.69) is 0 Å². The number of Topliss-reactive ketones (excluding diaryl/α,β-unsaturated/α-hetero) is 1. The Morgan fingerprint density at radius 1 is 1.18 bits per heavy atom. The summed E-state index contributed by atoms with van der Waals surface area (Å²) in [5.74, 6) is -0.296. The zero-order valence-electron chi connectivity index (χ0n) is 14.1. The number of rotatable bonds is 3. The number of ketones is 1. The summed E-state index contributed by atoms with van der Waals surface area (Å²) in [5, 5.41) is 0.822. The summed E-state index contributed by atoms with van der Waals surface area (Å²) in [6.07, 6.45) is 0. The minimum Gasteiger partial charge on any atom is -0.456 e. The second-order valence-corrected chi connectivity index (χ2v) is 6.64. The van der Waals surface area contributed by atoms with Crippen molar-refractivity contribution in [3.63, 3.8) is 0 Å². The highest BCUT2D eigenvalue weighted by molar-refractivity contribution is 6.06. The maximum absolute atomic E-state index is 12.6. The smallest absolute Gasteiger partial charge is 0.341 e. The Labute approximate surface area is 131 Å². The molecule has 2 aromatic rings. The van der Waals surface area contributed by atoms with E-state index >= 15 is 0 Å². The first-order valence-corrected chi connectivity index (χ1v) is 7.47. The molecule has 0 N–H and O–H groups in total. The zero-order chi connectivity index (χ0) is 16.7. The van der Waals surface area contributed by atoms with E-state index in [0.29, 0.717) is 5.56 Å². The maximum Gasteiger partial charge on any atom is 0.341 e. The minimum atomic E-state index is -0.557. The molecule has 0 saturated carbocycles. The summed E-state index contributed by atoms with van der Waals surface area (Å²) >= 11 is 0. The van der Waals surface area contributed by atoms with Crippen LogP contribution in [0.3, 0.4) is 0 Å². The molecular weight excluding hydrogens is 278 g/mol. The first-order chi connectivity index (χ1) is 10.1. The fraction of sp³-hybridized carbons (Fsp3) is 0.444. The number of hydrogen-bond donors (Lipinski definition) is 0. The van der Waals surface area contributed by atoms with Crippen LogP contribution in [0.4, 0.5) is 0 Å². The molecule has 0 amide bonds. The quantitative estimate of drug-likeness (QED) is 0.803. The van der Waals surface area contributed by atoms with E-state index in [9.17, 15) is 9.59 Å². The molecule has 4 nitrogen and oxygen atoms in total. The molecule has 1 heterocycles. The van der Waals surface area contributed by atoms with Crippen LogP contribution in [0, 0.1) is 6.92 Å². The van der Waals surface area contributed by atoms with Crippen LogP contribution in [-0.2, 0) is 9.53 Å². The van der Waals surface area contributed by atoms with Crippen molar-refractivity contribution in [3.8, 4) is 0 Å². The van der Waals surface area contributed by atoms with E-state index < -0.39 is 5.60 Å². The van der Waals surface area contributed by atoms with Gasteiger partial charge in [-0.1, -0.05) is 18.2 Å². The lowest BCUT2D eigenvalue weighted by atomic mass is 10.1. The topological polar surface area (TPSA) is 48.3 Å². The number of nitrogens with zero attached hydrogens (tertiary/aromatic N) is 1. The number of para-hydroxylation sites is 1. The molecule has 0 saturated heterocycles. The van der Waals surface area contributed by atoms with Crippen molar-refractivity contribution < 1.29 is 14.3 Å². The highest BCUT2D eigenvalue weighted by Crippen LogP contribution is 2.30. The van der Waals surface area contributed by atoms with Gasteiger partial charge in [0.25, 0.3) is 0 Å². The van der Waals surface area contributed by atoms with Crippen molar-refractivity contribution in [2.75, 3.05) is 0 Å². The fourth-order valence-corrected chi connectivity index (χ4v) is 2.66. The fourth-order valence-electron chi connectivity index (χ4n) is 2.66. The Morgan fingerprint density at radius 3 is 2.32 bits per heavy atom. The molecule has 0 aliphatic heterocycles. The third kappa shape index (κ3) is 2.91. The zero-order valence-corrected chi connectivity index (χ0v) is 14.1. The largest absolute Gasteiger partial charge is 0.456 e. The van der Waals surface area contributed by atoms with Gasteiger partial charge in [0.2, 0.25) is 0 Å². The van der Waals surface area contributed by atoms with Crippen molar-refractivity contribution >= 4 is 22.7 Å². The number of fused-ring (bicyclic) bond motifs is 1. The average molecular weight is 301 g/mol. The lowest BCUT2D eigenvalue weighted by Gasteiger charge is -2.20. The number of carbonyl (C=O) groups excluding carboxylic acids is 2. The van der Waals surface area contributed by atoms with Gasteiger partial charge in [0.05, 0.1) is 11.6 Å². The number of aromatic nitrogens is 1. The molecule has 1 atom stereocenters. The standard InChI is InChI=1S/C18H23NO3/c1-11(13(3)20)19-12(2)16(17(21)22-18(4,5)6)14-9-7-8-10-15(14)19/h7-11H,1-6H3. The van der Waals surface area contributed by atoms with Gasteiger partial charge in [0.1, 0.15) is 5.60 Å². The molecule has 22 heavy (non-hydrogen) atoms.